The van der Waals surface area contributed by atoms with E-state index in [-0.39, 0.29) is 0 Å². The molecule has 0 spiro atoms. The average molecular weight is 293 g/mol. The largest absolute Gasteiger partial charge is 0.479 e. The molecule has 0 radical (unpaired) electrons. The number of likely N-dealkylation sites (tertiary alicyclic amines) is 1. The lowest BCUT2D eigenvalue weighted by Crippen LogP contribution is -2.34. The van der Waals surface area contributed by atoms with Crippen molar-refractivity contribution in [2.24, 2.45) is 5.92 Å². The third-order valence-corrected chi connectivity index (χ3v) is 4.20. The summed E-state index contributed by atoms with van der Waals surface area (Å²) in [5.41, 5.74) is 1.61. The monoisotopic (exact) mass is 293 g/mol. The predicted molar refractivity (Wildman–Crippen MR) is 79.5 cm³/mol. The number of nitrogens with one attached hydrogen (secondary N) is 1. The van der Waals surface area contributed by atoms with Crippen molar-refractivity contribution in [1.82, 2.24) is 24.4 Å². The third kappa shape index (κ3) is 2.43. The van der Waals surface area contributed by atoms with E-state index in [2.05, 4.69) is 31.5 Å². The Balaban J connectivity index is 1.95. The highest BCUT2D eigenvalue weighted by Gasteiger charge is 2.20. The number of imidazole rings is 1. The molecule has 0 aliphatic carbocycles. The molecule has 1 N–H and O–H groups in total. The van der Waals surface area contributed by atoms with Gasteiger partial charge in [0.05, 0.1) is 7.11 Å². The van der Waals surface area contributed by atoms with E-state index in [1.807, 2.05) is 0 Å². The zero-order valence-corrected chi connectivity index (χ0v) is 12.6. The van der Waals surface area contributed by atoms with Crippen LogP contribution in [-0.2, 0) is 6.54 Å². The number of aromatic nitrogens is 4. The van der Waals surface area contributed by atoms with Crippen LogP contribution in [0.1, 0.15) is 12.8 Å². The van der Waals surface area contributed by atoms with Gasteiger partial charge in [-0.15, -0.1) is 0 Å². The standard InChI is InChI=1S/C13H19N5OS/c1-17-5-3-4-9(6-17)7-18-11-10(16-13(18)20)12(19-2)15-8-14-11/h8-9H,3-7H2,1-2H3,(H,16,20). The summed E-state index contributed by atoms with van der Waals surface area (Å²) in [4.78, 5) is 14.0. The summed E-state index contributed by atoms with van der Waals surface area (Å²) >= 11 is 5.43. The van der Waals surface area contributed by atoms with E-state index < -0.39 is 0 Å². The highest BCUT2D eigenvalue weighted by atomic mass is 32.1. The molecule has 1 aliphatic rings. The van der Waals surface area contributed by atoms with Crippen molar-refractivity contribution in [2.45, 2.75) is 19.4 Å². The number of hydrogen-bond acceptors (Lipinski definition) is 5. The molecule has 1 atom stereocenters. The fraction of sp³-hybridized carbons (Fsp3) is 0.615. The molecule has 0 saturated carbocycles. The molecule has 3 heterocycles. The topological polar surface area (TPSA) is 59.0 Å². The van der Waals surface area contributed by atoms with Crippen LogP contribution in [0.4, 0.5) is 0 Å². The van der Waals surface area contributed by atoms with Gasteiger partial charge in [-0.25, -0.2) is 4.98 Å². The number of H-pyrrole nitrogens is 1. The summed E-state index contributed by atoms with van der Waals surface area (Å²) in [6.07, 6.45) is 4.00. The van der Waals surface area contributed by atoms with E-state index in [0.717, 1.165) is 24.3 Å². The molecule has 1 unspecified atom stereocenters. The lowest BCUT2D eigenvalue weighted by atomic mass is 9.98. The third-order valence-electron chi connectivity index (χ3n) is 3.88. The van der Waals surface area contributed by atoms with E-state index in [0.29, 0.717) is 16.6 Å². The molecular formula is C13H19N5OS. The predicted octanol–water partition coefficient (Wildman–Crippen LogP) is 1.84. The van der Waals surface area contributed by atoms with Gasteiger partial charge in [0.25, 0.3) is 0 Å². The molecule has 2 aromatic heterocycles. The van der Waals surface area contributed by atoms with Gasteiger partial charge in [-0.05, 0) is 44.6 Å². The van der Waals surface area contributed by atoms with Gasteiger partial charge in [0.15, 0.2) is 10.4 Å². The maximum atomic E-state index is 5.43. The number of nitrogens with zero attached hydrogens (tertiary/aromatic N) is 4. The molecule has 6 nitrogen and oxygen atoms in total. The Hall–Kier alpha value is -1.47. The summed E-state index contributed by atoms with van der Waals surface area (Å²) in [6.45, 7) is 3.19. The number of ether oxygens (including phenoxy) is 1. The molecule has 108 valence electrons. The van der Waals surface area contributed by atoms with Gasteiger partial charge in [-0.1, -0.05) is 0 Å². The molecular weight excluding hydrogens is 274 g/mol. The number of aromatic amines is 1. The van der Waals surface area contributed by atoms with E-state index in [4.69, 9.17) is 17.0 Å². The highest BCUT2D eigenvalue weighted by Crippen LogP contribution is 2.23. The van der Waals surface area contributed by atoms with Gasteiger partial charge in [0.1, 0.15) is 11.8 Å². The lowest BCUT2D eigenvalue weighted by molar-refractivity contribution is 0.195. The van der Waals surface area contributed by atoms with E-state index in [1.54, 1.807) is 7.11 Å². The van der Waals surface area contributed by atoms with Gasteiger partial charge in [-0.3, -0.25) is 0 Å². The fourth-order valence-electron chi connectivity index (χ4n) is 2.95. The van der Waals surface area contributed by atoms with Crippen LogP contribution in [0, 0.1) is 10.7 Å². The van der Waals surface area contributed by atoms with Crippen LogP contribution in [0.15, 0.2) is 6.33 Å². The van der Waals surface area contributed by atoms with Crippen molar-refractivity contribution in [3.8, 4) is 5.88 Å². The Morgan fingerprint density at radius 2 is 2.35 bits per heavy atom. The SMILES string of the molecule is COc1ncnc2c1[nH]c(=S)n2CC1CCCN(C)C1. The maximum absolute atomic E-state index is 5.43. The Bertz CT molecular complexity index is 664. The Labute approximate surface area is 122 Å². The van der Waals surface area contributed by atoms with Gasteiger partial charge >= 0.3 is 0 Å². The molecule has 7 heteroatoms. The smallest absolute Gasteiger partial charge is 0.242 e. The minimum absolute atomic E-state index is 0.542. The first-order valence-electron chi connectivity index (χ1n) is 6.85. The Kier molecular flexibility index (Phi) is 3.71. The zero-order chi connectivity index (χ0) is 14.1. The van der Waals surface area contributed by atoms with Crippen molar-refractivity contribution in [2.75, 3.05) is 27.2 Å². The minimum atomic E-state index is 0.542. The molecule has 0 amide bonds. The van der Waals surface area contributed by atoms with Gasteiger partial charge < -0.3 is 19.2 Å². The maximum Gasteiger partial charge on any atom is 0.242 e. The van der Waals surface area contributed by atoms with Crippen LogP contribution in [0.3, 0.4) is 0 Å². The fourth-order valence-corrected chi connectivity index (χ4v) is 3.21. The first-order chi connectivity index (χ1) is 9.69. The van der Waals surface area contributed by atoms with E-state index in [1.165, 1.54) is 25.7 Å². The minimum Gasteiger partial charge on any atom is -0.479 e. The summed E-state index contributed by atoms with van der Waals surface area (Å²) in [5.74, 6) is 1.15. The number of rotatable bonds is 3. The highest BCUT2D eigenvalue weighted by molar-refractivity contribution is 7.71. The van der Waals surface area contributed by atoms with Crippen LogP contribution in [0.5, 0.6) is 5.88 Å². The molecule has 2 aromatic rings. The molecule has 1 saturated heterocycles. The molecule has 0 aromatic carbocycles. The molecule has 0 bridgehead atoms. The molecule has 3 rings (SSSR count). The van der Waals surface area contributed by atoms with Gasteiger partial charge in [0, 0.05) is 13.1 Å². The molecule has 1 aliphatic heterocycles. The molecule has 1 fully saturated rings. The van der Waals surface area contributed by atoms with Crippen LogP contribution in [-0.4, -0.2) is 51.7 Å². The second-order valence-electron chi connectivity index (χ2n) is 5.39. The Morgan fingerprint density at radius 1 is 1.50 bits per heavy atom. The summed E-state index contributed by atoms with van der Waals surface area (Å²) < 4.78 is 8.01. The number of fused-ring (bicyclic) bond motifs is 1. The van der Waals surface area contributed by atoms with Crippen LogP contribution in [0.25, 0.3) is 11.2 Å². The van der Waals surface area contributed by atoms with Gasteiger partial charge in [-0.2, -0.15) is 4.98 Å². The normalized spacial score (nSPS) is 20.4. The van der Waals surface area contributed by atoms with Gasteiger partial charge in [0.2, 0.25) is 5.88 Å². The van der Waals surface area contributed by atoms with Crippen LogP contribution >= 0.6 is 12.2 Å². The number of hydrogen-bond donors (Lipinski definition) is 1. The van der Waals surface area contributed by atoms with Crippen molar-refractivity contribution in [1.29, 1.82) is 0 Å². The average Bonchev–Trinajstić information content (AvgIpc) is 2.75. The van der Waals surface area contributed by atoms with Crippen molar-refractivity contribution in [3.05, 3.63) is 11.1 Å². The summed E-state index contributed by atoms with van der Waals surface area (Å²) in [7, 11) is 3.78. The molecule has 20 heavy (non-hydrogen) atoms. The van der Waals surface area contributed by atoms with Crippen molar-refractivity contribution in [3.63, 3.8) is 0 Å². The van der Waals surface area contributed by atoms with E-state index in [9.17, 15) is 0 Å². The summed E-state index contributed by atoms with van der Waals surface area (Å²) in [5, 5.41) is 0. The number of piperidine rings is 1. The van der Waals surface area contributed by atoms with Crippen molar-refractivity contribution < 1.29 is 4.74 Å². The lowest BCUT2D eigenvalue weighted by Gasteiger charge is -2.29. The Morgan fingerprint density at radius 3 is 3.10 bits per heavy atom. The zero-order valence-electron chi connectivity index (χ0n) is 11.8. The number of methoxy groups -OCH3 is 1. The quantitative estimate of drug-likeness (QED) is 0.875. The van der Waals surface area contributed by atoms with Crippen molar-refractivity contribution >= 4 is 23.4 Å². The summed E-state index contributed by atoms with van der Waals surface area (Å²) in [6, 6.07) is 0. The van der Waals surface area contributed by atoms with Crippen LogP contribution in [0.2, 0.25) is 0 Å². The first-order valence-corrected chi connectivity index (χ1v) is 7.26. The van der Waals surface area contributed by atoms with Crippen LogP contribution < -0.4 is 4.74 Å². The second-order valence-corrected chi connectivity index (χ2v) is 5.78. The first kappa shape index (κ1) is 13.5. The van der Waals surface area contributed by atoms with E-state index >= 15 is 0 Å². The second kappa shape index (κ2) is 5.49.